The number of hydrogen-bond donors (Lipinski definition) is 1. The van der Waals surface area contributed by atoms with Gasteiger partial charge in [0, 0.05) is 12.6 Å². The van der Waals surface area contributed by atoms with Crippen molar-refractivity contribution < 1.29 is 18.3 Å². The van der Waals surface area contributed by atoms with Crippen molar-refractivity contribution in [3.63, 3.8) is 0 Å². The van der Waals surface area contributed by atoms with E-state index >= 15 is 0 Å². The molecular weight excluding hydrogens is 266 g/mol. The summed E-state index contributed by atoms with van der Waals surface area (Å²) in [5.41, 5.74) is 5.89. The fourth-order valence-corrected chi connectivity index (χ4v) is 2.90. The Morgan fingerprint density at radius 2 is 2.35 bits per heavy atom. The Balaban J connectivity index is 2.25. The van der Waals surface area contributed by atoms with Crippen molar-refractivity contribution in [3.8, 4) is 0 Å². The fourth-order valence-electron chi connectivity index (χ4n) is 2.90. The standard InChI is InChI=1S/C14H20F2N2O2/c1-20-14(19)13(18-7-3-4-9(17)8-18)12-10(15)5-2-6-11(12)16/h2,5-6,9-10,12-13H,3-4,7-8,17H2,1H3/t9-,10?,12?,13+/m1/s1. The minimum absolute atomic E-state index is 0.0832. The highest BCUT2D eigenvalue weighted by Crippen LogP contribution is 2.32. The molecule has 0 saturated carbocycles. The molecule has 2 unspecified atom stereocenters. The topological polar surface area (TPSA) is 55.6 Å². The monoisotopic (exact) mass is 286 g/mol. The van der Waals surface area contributed by atoms with E-state index in [1.54, 1.807) is 4.90 Å². The Bertz CT molecular complexity index is 425. The molecule has 1 aliphatic heterocycles. The van der Waals surface area contributed by atoms with Gasteiger partial charge < -0.3 is 10.5 Å². The van der Waals surface area contributed by atoms with E-state index in [0.717, 1.165) is 12.8 Å². The lowest BCUT2D eigenvalue weighted by Gasteiger charge is -2.39. The van der Waals surface area contributed by atoms with Crippen LogP contribution in [-0.2, 0) is 9.53 Å². The van der Waals surface area contributed by atoms with Gasteiger partial charge >= 0.3 is 5.97 Å². The number of halogens is 2. The molecule has 112 valence electrons. The summed E-state index contributed by atoms with van der Waals surface area (Å²) in [6.45, 7) is 1.04. The lowest BCUT2D eigenvalue weighted by Crippen LogP contribution is -2.55. The van der Waals surface area contributed by atoms with Crippen LogP contribution in [0.25, 0.3) is 0 Å². The molecule has 1 saturated heterocycles. The highest BCUT2D eigenvalue weighted by Gasteiger charge is 2.43. The number of alkyl halides is 1. The molecule has 1 heterocycles. The van der Waals surface area contributed by atoms with Gasteiger partial charge in [-0.3, -0.25) is 9.69 Å². The summed E-state index contributed by atoms with van der Waals surface area (Å²) in [5.74, 6) is -2.40. The van der Waals surface area contributed by atoms with Crippen molar-refractivity contribution in [2.45, 2.75) is 31.1 Å². The third-order valence-electron chi connectivity index (χ3n) is 3.88. The van der Waals surface area contributed by atoms with Crippen molar-refractivity contribution in [2.75, 3.05) is 20.2 Å². The number of allylic oxidation sites excluding steroid dienone is 3. The number of esters is 1. The number of rotatable bonds is 3. The highest BCUT2D eigenvalue weighted by molar-refractivity contribution is 5.77. The van der Waals surface area contributed by atoms with Crippen molar-refractivity contribution in [1.29, 1.82) is 0 Å². The number of methoxy groups -OCH3 is 1. The van der Waals surface area contributed by atoms with Crippen LogP contribution in [0, 0.1) is 5.92 Å². The molecule has 0 aromatic heterocycles. The summed E-state index contributed by atoms with van der Waals surface area (Å²) in [6, 6.07) is -1.05. The molecule has 1 aliphatic carbocycles. The summed E-state index contributed by atoms with van der Waals surface area (Å²) in [5, 5.41) is 0. The predicted molar refractivity (Wildman–Crippen MR) is 71.3 cm³/mol. The number of carbonyl (C=O) groups is 1. The van der Waals surface area contributed by atoms with Crippen LogP contribution in [0.4, 0.5) is 8.78 Å². The second kappa shape index (κ2) is 6.45. The molecule has 1 fully saturated rings. The Hall–Kier alpha value is -1.27. The minimum Gasteiger partial charge on any atom is -0.468 e. The predicted octanol–water partition coefficient (Wildman–Crippen LogP) is 1.33. The Morgan fingerprint density at radius 1 is 1.60 bits per heavy atom. The SMILES string of the molecule is COC(=O)[C@H](C1C(F)=CC=CC1F)N1CCC[C@@H](N)C1. The number of likely N-dealkylation sites (tertiary alicyclic amines) is 1. The molecule has 4 atom stereocenters. The first kappa shape index (κ1) is 15.1. The van der Waals surface area contributed by atoms with Gasteiger partial charge in [-0.2, -0.15) is 0 Å². The summed E-state index contributed by atoms with van der Waals surface area (Å²) in [4.78, 5) is 13.8. The summed E-state index contributed by atoms with van der Waals surface area (Å²) in [7, 11) is 1.23. The first-order chi connectivity index (χ1) is 9.54. The van der Waals surface area contributed by atoms with Crippen LogP contribution in [0.3, 0.4) is 0 Å². The van der Waals surface area contributed by atoms with Crippen molar-refractivity contribution >= 4 is 5.97 Å². The van der Waals surface area contributed by atoms with Gasteiger partial charge in [0.05, 0.1) is 13.0 Å². The van der Waals surface area contributed by atoms with Gasteiger partial charge in [0.25, 0.3) is 0 Å². The zero-order valence-electron chi connectivity index (χ0n) is 11.5. The maximum absolute atomic E-state index is 14.1. The van der Waals surface area contributed by atoms with Crippen LogP contribution >= 0.6 is 0 Å². The van der Waals surface area contributed by atoms with Gasteiger partial charge in [-0.05, 0) is 31.5 Å². The number of piperidine rings is 1. The van der Waals surface area contributed by atoms with E-state index in [2.05, 4.69) is 0 Å². The third kappa shape index (κ3) is 3.07. The summed E-state index contributed by atoms with van der Waals surface area (Å²) in [6.07, 6.45) is 3.90. The van der Waals surface area contributed by atoms with E-state index in [1.165, 1.54) is 25.3 Å². The number of ether oxygens (including phenoxy) is 1. The van der Waals surface area contributed by atoms with E-state index in [-0.39, 0.29) is 6.04 Å². The Morgan fingerprint density at radius 3 is 2.95 bits per heavy atom. The normalized spacial score (nSPS) is 32.6. The Kier molecular flexibility index (Phi) is 4.88. The van der Waals surface area contributed by atoms with Crippen LogP contribution in [0.1, 0.15) is 12.8 Å². The number of nitrogens with zero attached hydrogens (tertiary/aromatic N) is 1. The number of hydrogen-bond acceptors (Lipinski definition) is 4. The quantitative estimate of drug-likeness (QED) is 0.795. The minimum atomic E-state index is -1.54. The summed E-state index contributed by atoms with van der Waals surface area (Å²) < 4.78 is 32.8. The second-order valence-corrected chi connectivity index (χ2v) is 5.27. The molecular formula is C14H20F2N2O2. The third-order valence-corrected chi connectivity index (χ3v) is 3.88. The van der Waals surface area contributed by atoms with E-state index in [1.807, 2.05) is 0 Å². The van der Waals surface area contributed by atoms with Crippen LogP contribution in [0.15, 0.2) is 24.1 Å². The average molecular weight is 286 g/mol. The molecule has 0 spiro atoms. The zero-order valence-corrected chi connectivity index (χ0v) is 11.5. The Labute approximate surface area is 117 Å². The molecule has 2 aliphatic rings. The molecule has 0 bridgehead atoms. The molecule has 2 N–H and O–H groups in total. The average Bonchev–Trinajstić information content (AvgIpc) is 2.42. The maximum atomic E-state index is 14.1. The largest absolute Gasteiger partial charge is 0.468 e. The second-order valence-electron chi connectivity index (χ2n) is 5.27. The smallest absolute Gasteiger partial charge is 0.323 e. The van der Waals surface area contributed by atoms with Gasteiger partial charge in [-0.15, -0.1) is 0 Å². The van der Waals surface area contributed by atoms with E-state index in [4.69, 9.17) is 10.5 Å². The van der Waals surface area contributed by atoms with Crippen LogP contribution < -0.4 is 5.73 Å². The molecule has 20 heavy (non-hydrogen) atoms. The van der Waals surface area contributed by atoms with E-state index in [9.17, 15) is 13.6 Å². The van der Waals surface area contributed by atoms with Gasteiger partial charge in [0.2, 0.25) is 0 Å². The first-order valence-corrected chi connectivity index (χ1v) is 6.80. The first-order valence-electron chi connectivity index (χ1n) is 6.80. The number of nitrogens with two attached hydrogens (primary N) is 1. The van der Waals surface area contributed by atoms with Crippen LogP contribution in [0.5, 0.6) is 0 Å². The molecule has 2 rings (SSSR count). The van der Waals surface area contributed by atoms with Crippen molar-refractivity contribution in [3.05, 3.63) is 24.1 Å². The lowest BCUT2D eigenvalue weighted by molar-refractivity contribution is -0.150. The summed E-state index contributed by atoms with van der Waals surface area (Å²) >= 11 is 0. The van der Waals surface area contributed by atoms with Crippen molar-refractivity contribution in [1.82, 2.24) is 4.90 Å². The molecule has 0 aromatic rings. The molecule has 0 amide bonds. The van der Waals surface area contributed by atoms with Crippen molar-refractivity contribution in [2.24, 2.45) is 11.7 Å². The van der Waals surface area contributed by atoms with Gasteiger partial charge in [-0.1, -0.05) is 6.08 Å². The maximum Gasteiger partial charge on any atom is 0.323 e. The lowest BCUT2D eigenvalue weighted by atomic mass is 9.87. The van der Waals surface area contributed by atoms with Gasteiger partial charge in [0.15, 0.2) is 0 Å². The van der Waals surface area contributed by atoms with Gasteiger partial charge in [-0.25, -0.2) is 8.78 Å². The number of carbonyl (C=O) groups excluding carboxylic acids is 1. The van der Waals surface area contributed by atoms with Crippen LogP contribution in [-0.4, -0.2) is 49.3 Å². The molecule has 4 nitrogen and oxygen atoms in total. The zero-order chi connectivity index (χ0) is 14.7. The fraction of sp³-hybridized carbons (Fsp3) is 0.643. The van der Waals surface area contributed by atoms with E-state index < -0.39 is 29.9 Å². The van der Waals surface area contributed by atoms with Crippen LogP contribution in [0.2, 0.25) is 0 Å². The van der Waals surface area contributed by atoms with Gasteiger partial charge in [0.1, 0.15) is 18.0 Å². The molecule has 6 heteroatoms. The molecule has 0 radical (unpaired) electrons. The highest BCUT2D eigenvalue weighted by atomic mass is 19.1. The van der Waals surface area contributed by atoms with E-state index in [0.29, 0.717) is 13.1 Å². The molecule has 0 aromatic carbocycles.